The monoisotopic (exact) mass is 566 g/mol. The number of rotatable bonds is 8. The van der Waals surface area contributed by atoms with Crippen LogP contribution in [-0.2, 0) is 23.2 Å². The van der Waals surface area contributed by atoms with Gasteiger partial charge in [0.05, 0.1) is 17.9 Å². The molecule has 7 nitrogen and oxygen atoms in total. The smallest absolute Gasteiger partial charge is 0.870 e. The van der Waals surface area contributed by atoms with E-state index in [1.165, 1.54) is 7.11 Å². The van der Waals surface area contributed by atoms with E-state index in [4.69, 9.17) is 18.7 Å². The Hall–Kier alpha value is 0.254. The van der Waals surface area contributed by atoms with Gasteiger partial charge >= 0.3 is 41.5 Å². The molecule has 0 heterocycles. The third-order valence-corrected chi connectivity index (χ3v) is 19.4. The molecule has 6 aliphatic rings. The van der Waals surface area contributed by atoms with Gasteiger partial charge in [-0.05, 0) is 85.6 Å². The normalized spacial score (nSPS) is 33.4. The number of carbonyl (C=O) groups excluding carboxylic acids is 1. The molecule has 37 heavy (non-hydrogen) atoms. The second-order valence-corrected chi connectivity index (χ2v) is 25.1. The molecule has 6 saturated carbocycles. The van der Waals surface area contributed by atoms with Crippen molar-refractivity contribution >= 4 is 28.6 Å². The molecule has 210 valence electrons. The van der Waals surface area contributed by atoms with Crippen LogP contribution in [0.3, 0.4) is 0 Å². The Morgan fingerprint density at radius 1 is 0.730 bits per heavy atom. The summed E-state index contributed by atoms with van der Waals surface area (Å²) in [5, 5.41) is 9.57. The van der Waals surface area contributed by atoms with Gasteiger partial charge in [0.25, 0.3) is 0 Å². The minimum atomic E-state index is -1.67. The number of hydrogen-bond donors (Lipinski definition) is 1. The van der Waals surface area contributed by atoms with Gasteiger partial charge in [0.1, 0.15) is 0 Å². The zero-order chi connectivity index (χ0) is 26.9. The number of esters is 1. The van der Waals surface area contributed by atoms with Gasteiger partial charge in [-0.3, -0.25) is 9.59 Å². The Morgan fingerprint density at radius 3 is 1.27 bits per heavy atom. The largest absolute Gasteiger partial charge is 1.00 e. The molecular formula is C27H51NaO7Si2. The average molecular weight is 567 g/mol. The quantitative estimate of drug-likeness (QED) is 0.354. The van der Waals surface area contributed by atoms with Gasteiger partial charge in [-0.1, -0.05) is 41.5 Å². The Morgan fingerprint density at radius 2 is 1.03 bits per heavy atom. The standard InChI is InChI=1S/C14H26O3Si.C13H24O3Si.Na.H2O/c1-12(2,3)18(5,6)17-10-13-7-14(8-13,9-13)11(15)16-4;1-11(2,3)17(4,5)16-9-12-6-13(7-12,8-12)10(14)15;;/h7-10H2,1-6H3;6-9H2,1-5H3,(H,14,15);;1H2/q;;+1;/p-1. The fourth-order valence-corrected chi connectivity index (χ4v) is 8.26. The van der Waals surface area contributed by atoms with Gasteiger partial charge in [-0.25, -0.2) is 0 Å². The number of carboxylic acids is 1. The zero-order valence-electron chi connectivity index (χ0n) is 25.6. The van der Waals surface area contributed by atoms with E-state index in [0.29, 0.717) is 5.41 Å². The van der Waals surface area contributed by atoms with Gasteiger partial charge in [0.15, 0.2) is 16.6 Å². The van der Waals surface area contributed by atoms with E-state index in [2.05, 4.69) is 67.7 Å². The molecular weight excluding hydrogens is 515 g/mol. The minimum Gasteiger partial charge on any atom is -0.870 e. The van der Waals surface area contributed by atoms with Crippen LogP contribution in [0.2, 0.25) is 36.3 Å². The predicted molar refractivity (Wildman–Crippen MR) is 145 cm³/mol. The summed E-state index contributed by atoms with van der Waals surface area (Å²) in [5.41, 5.74) is 0.0138. The van der Waals surface area contributed by atoms with E-state index in [-0.39, 0.29) is 67.3 Å². The molecule has 6 fully saturated rings. The van der Waals surface area contributed by atoms with Crippen molar-refractivity contribution in [1.82, 2.24) is 0 Å². The number of ether oxygens (including phenoxy) is 1. The molecule has 4 bridgehead atoms. The molecule has 0 radical (unpaired) electrons. The molecule has 0 saturated heterocycles. The summed E-state index contributed by atoms with van der Waals surface area (Å²) in [7, 11) is -1.83. The number of aliphatic carboxylic acids is 1. The number of hydrogen-bond acceptors (Lipinski definition) is 6. The van der Waals surface area contributed by atoms with Crippen molar-refractivity contribution in [1.29, 1.82) is 0 Å². The summed E-state index contributed by atoms with van der Waals surface area (Å²) in [4.78, 5) is 22.6. The Labute approximate surface area is 249 Å². The number of carbonyl (C=O) groups is 2. The first-order valence-corrected chi connectivity index (χ1v) is 19.0. The van der Waals surface area contributed by atoms with Crippen molar-refractivity contribution in [2.75, 3.05) is 20.3 Å². The van der Waals surface area contributed by atoms with Crippen LogP contribution in [0, 0.1) is 21.7 Å². The fourth-order valence-electron chi connectivity index (χ4n) is 6.06. The van der Waals surface area contributed by atoms with Crippen molar-refractivity contribution < 1.29 is 63.3 Å². The molecule has 0 amide bonds. The molecule has 6 aliphatic carbocycles. The van der Waals surface area contributed by atoms with E-state index in [9.17, 15) is 9.59 Å². The van der Waals surface area contributed by atoms with Crippen molar-refractivity contribution in [3.05, 3.63) is 0 Å². The molecule has 6 rings (SSSR count). The fraction of sp³-hybridized carbons (Fsp3) is 0.926. The molecule has 0 spiro atoms. The number of carboxylic acid groups (broad SMARTS) is 1. The van der Waals surface area contributed by atoms with E-state index < -0.39 is 22.6 Å². The van der Waals surface area contributed by atoms with Crippen LogP contribution in [0.4, 0.5) is 0 Å². The molecule has 0 aromatic carbocycles. The van der Waals surface area contributed by atoms with Gasteiger partial charge in [-0.15, -0.1) is 0 Å². The van der Waals surface area contributed by atoms with Crippen LogP contribution in [0.25, 0.3) is 0 Å². The molecule has 0 aliphatic heterocycles. The zero-order valence-corrected chi connectivity index (χ0v) is 29.6. The SMILES string of the molecule is CC(C)(C)[Si](C)(C)OCC12CC(C(=O)O)(C1)C2.COC(=O)C12CC(CO[Si](C)(C)C(C)(C)C)(C1)C2.[Na+].[OH-]. The van der Waals surface area contributed by atoms with E-state index >= 15 is 0 Å². The minimum absolute atomic E-state index is 0. The Balaban J connectivity index is 0.000000351. The molecule has 0 unspecified atom stereocenters. The molecule has 0 aromatic heterocycles. The maximum atomic E-state index is 11.6. The molecule has 10 heteroatoms. The van der Waals surface area contributed by atoms with Crippen LogP contribution in [0.1, 0.15) is 80.1 Å². The number of methoxy groups -OCH3 is 1. The summed E-state index contributed by atoms with van der Waals surface area (Å²) >= 11 is 0. The first-order chi connectivity index (χ1) is 15.6. The van der Waals surface area contributed by atoms with Gasteiger partial charge in [-0.2, -0.15) is 0 Å². The molecule has 0 atom stereocenters. The van der Waals surface area contributed by atoms with Crippen molar-refractivity contribution in [2.24, 2.45) is 21.7 Å². The van der Waals surface area contributed by atoms with Crippen LogP contribution in [0.5, 0.6) is 0 Å². The van der Waals surface area contributed by atoms with Gasteiger partial charge < -0.3 is 24.2 Å². The van der Waals surface area contributed by atoms with Gasteiger partial charge in [0, 0.05) is 13.2 Å². The Bertz CT molecular complexity index is 833. The third-order valence-electron chi connectivity index (χ3n) is 10.4. The van der Waals surface area contributed by atoms with Crippen LogP contribution in [0.15, 0.2) is 0 Å². The predicted octanol–water partition coefficient (Wildman–Crippen LogP) is 3.44. The van der Waals surface area contributed by atoms with Crippen molar-refractivity contribution in [3.63, 3.8) is 0 Å². The second-order valence-electron chi connectivity index (χ2n) is 15.5. The van der Waals surface area contributed by atoms with E-state index in [1.54, 1.807) is 0 Å². The van der Waals surface area contributed by atoms with Gasteiger partial charge in [0.2, 0.25) is 0 Å². The van der Waals surface area contributed by atoms with E-state index in [1.807, 2.05) is 0 Å². The summed E-state index contributed by atoms with van der Waals surface area (Å²) in [6.45, 7) is 24.2. The maximum Gasteiger partial charge on any atom is 1.00 e. The summed E-state index contributed by atoms with van der Waals surface area (Å²) in [6, 6.07) is 0. The second kappa shape index (κ2) is 10.6. The van der Waals surface area contributed by atoms with Crippen LogP contribution in [-0.4, -0.2) is 59.5 Å². The first-order valence-electron chi connectivity index (χ1n) is 13.2. The van der Waals surface area contributed by atoms with Crippen molar-refractivity contribution in [3.8, 4) is 0 Å². The summed E-state index contributed by atoms with van der Waals surface area (Å²) < 4.78 is 17.4. The van der Waals surface area contributed by atoms with E-state index in [0.717, 1.165) is 51.7 Å². The first kappa shape index (κ1) is 35.3. The topological polar surface area (TPSA) is 112 Å². The summed E-state index contributed by atoms with van der Waals surface area (Å²) in [5.74, 6) is -0.622. The maximum absolute atomic E-state index is 11.6. The molecule has 0 aromatic rings. The Kier molecular flexibility index (Phi) is 10.1. The van der Waals surface area contributed by atoms with Crippen LogP contribution < -0.4 is 29.6 Å². The average Bonchev–Trinajstić information content (AvgIpc) is 2.54. The third kappa shape index (κ3) is 6.29. The van der Waals surface area contributed by atoms with Crippen molar-refractivity contribution in [2.45, 2.75) is 116 Å². The molecule has 2 N–H and O–H groups in total. The summed E-state index contributed by atoms with van der Waals surface area (Å²) in [6.07, 6.45) is 5.43. The van der Waals surface area contributed by atoms with Crippen LogP contribution >= 0.6 is 0 Å².